The van der Waals surface area contributed by atoms with Crippen LogP contribution in [0.5, 0.6) is 0 Å². The Morgan fingerprint density at radius 1 is 0.684 bits per heavy atom. The van der Waals surface area contributed by atoms with Crippen LogP contribution < -0.4 is 24.8 Å². The van der Waals surface area contributed by atoms with Gasteiger partial charge in [-0.15, -0.1) is 0 Å². The van der Waals surface area contributed by atoms with Crippen LogP contribution in [0.1, 0.15) is 33.4 Å². The summed E-state index contributed by atoms with van der Waals surface area (Å²) in [5.41, 5.74) is 8.37. The molecular weight excluding hydrogens is 311 g/mol. The number of halogens is 2. The summed E-state index contributed by atoms with van der Waals surface area (Å²) < 4.78 is 0. The minimum absolute atomic E-state index is 0. The summed E-state index contributed by atoms with van der Waals surface area (Å²) in [7, 11) is 0. The molecule has 0 aromatic heterocycles. The molecule has 2 rings (SSSR count). The average molecular weight is 333 g/mol. The molecule has 0 spiro atoms. The van der Waals surface area contributed by atoms with Gasteiger partial charge in [-0.25, -0.2) is 23.3 Å². The zero-order valence-corrected chi connectivity index (χ0v) is 15.6. The largest absolute Gasteiger partial charge is 4.00 e. The predicted octanol–water partition coefficient (Wildman–Crippen LogP) is -1.33. The van der Waals surface area contributed by atoms with Crippen molar-refractivity contribution in [2.24, 2.45) is 0 Å². The van der Waals surface area contributed by atoms with E-state index in [0.717, 1.165) is 0 Å². The van der Waals surface area contributed by atoms with Crippen LogP contribution in [0.4, 0.5) is 0 Å². The fourth-order valence-electron chi connectivity index (χ4n) is 1.90. The van der Waals surface area contributed by atoms with Crippen LogP contribution >= 0.6 is 0 Å². The van der Waals surface area contributed by atoms with Gasteiger partial charge in [0.2, 0.25) is 0 Å². The van der Waals surface area contributed by atoms with Crippen molar-refractivity contribution in [2.45, 2.75) is 41.5 Å². The summed E-state index contributed by atoms with van der Waals surface area (Å²) in [4.78, 5) is 0. The Balaban J connectivity index is -0.000000233. The van der Waals surface area contributed by atoms with Crippen LogP contribution in [0, 0.1) is 41.5 Å². The van der Waals surface area contributed by atoms with Crippen LogP contribution in [-0.2, 0) is 21.7 Å². The standard InChI is InChI=1S/2C8H11.2ClH.Ti/c2*1-6-4-7(2)8(3)5-6;;;/h2*4-5H,1-3H3;2*1H;/q2*-1;;;+4/p-2. The van der Waals surface area contributed by atoms with E-state index in [0.29, 0.717) is 0 Å². The quantitative estimate of drug-likeness (QED) is 0.414. The molecule has 2 aromatic rings. The van der Waals surface area contributed by atoms with Crippen molar-refractivity contribution < 1.29 is 46.5 Å². The molecule has 0 bridgehead atoms. The van der Waals surface area contributed by atoms with Gasteiger partial charge < -0.3 is 24.8 Å². The molecule has 2 aromatic carbocycles. The van der Waals surface area contributed by atoms with Gasteiger partial charge in [-0.2, -0.15) is 34.4 Å². The molecule has 0 radical (unpaired) electrons. The van der Waals surface area contributed by atoms with Crippen molar-refractivity contribution in [2.75, 3.05) is 0 Å². The van der Waals surface area contributed by atoms with E-state index in [1.54, 1.807) is 0 Å². The Hall–Kier alpha value is -0.00571. The third-order valence-corrected chi connectivity index (χ3v) is 3.02. The van der Waals surface area contributed by atoms with Crippen molar-refractivity contribution >= 4 is 0 Å². The van der Waals surface area contributed by atoms with Crippen LogP contribution in [0.15, 0.2) is 24.3 Å². The van der Waals surface area contributed by atoms with Crippen molar-refractivity contribution in [3.8, 4) is 0 Å². The molecule has 0 atom stereocenters. The zero-order valence-electron chi connectivity index (χ0n) is 12.6. The predicted molar refractivity (Wildman–Crippen MR) is 72.5 cm³/mol. The molecule has 0 amide bonds. The van der Waals surface area contributed by atoms with Gasteiger partial charge in [0.25, 0.3) is 0 Å². The summed E-state index contributed by atoms with van der Waals surface area (Å²) in [6, 6.07) is 8.81. The van der Waals surface area contributed by atoms with Crippen molar-refractivity contribution in [1.82, 2.24) is 0 Å². The maximum absolute atomic E-state index is 2.20. The van der Waals surface area contributed by atoms with E-state index in [2.05, 4.69) is 65.8 Å². The Labute approximate surface area is 145 Å². The third kappa shape index (κ3) is 8.00. The zero-order chi connectivity index (χ0) is 12.3. The average Bonchev–Trinajstić information content (AvgIpc) is 2.58. The summed E-state index contributed by atoms with van der Waals surface area (Å²) in [5.74, 6) is 0. The third-order valence-electron chi connectivity index (χ3n) is 3.02. The molecule has 0 aliphatic rings. The van der Waals surface area contributed by atoms with E-state index in [-0.39, 0.29) is 46.5 Å². The molecule has 0 fully saturated rings. The van der Waals surface area contributed by atoms with E-state index in [1.165, 1.54) is 33.4 Å². The smallest absolute Gasteiger partial charge is 1.00 e. The Bertz CT molecular complexity index is 384. The second-order valence-corrected chi connectivity index (χ2v) is 4.80. The fraction of sp³-hybridized carbons (Fsp3) is 0.375. The number of hydrogen-bond acceptors (Lipinski definition) is 0. The maximum Gasteiger partial charge on any atom is 4.00 e. The molecule has 0 saturated carbocycles. The van der Waals surface area contributed by atoms with Gasteiger partial charge >= 0.3 is 21.7 Å². The monoisotopic (exact) mass is 332 g/mol. The van der Waals surface area contributed by atoms with Crippen LogP contribution in [-0.4, -0.2) is 0 Å². The number of aryl methyl sites for hydroxylation is 6. The van der Waals surface area contributed by atoms with Gasteiger partial charge in [0.1, 0.15) is 0 Å². The van der Waals surface area contributed by atoms with E-state index in [4.69, 9.17) is 0 Å². The summed E-state index contributed by atoms with van der Waals surface area (Å²) in [5, 5.41) is 0. The Morgan fingerprint density at radius 2 is 0.947 bits per heavy atom. The van der Waals surface area contributed by atoms with Gasteiger partial charge in [-0.1, -0.05) is 41.5 Å². The second kappa shape index (κ2) is 10.7. The first-order valence-electron chi connectivity index (χ1n) is 5.81. The summed E-state index contributed by atoms with van der Waals surface area (Å²) >= 11 is 0. The molecule has 3 heteroatoms. The Kier molecular flexibility index (Phi) is 13.6. The molecule has 104 valence electrons. The number of hydrogen-bond donors (Lipinski definition) is 0. The van der Waals surface area contributed by atoms with Gasteiger partial charge in [-0.3, -0.25) is 0 Å². The SMILES string of the molecule is Cc1cc(C)[c-](C)c1.Cc1cc(C)[c-](C)c1.[Cl-].[Cl-].[Ti+4]. The Morgan fingerprint density at radius 3 is 1.00 bits per heavy atom. The van der Waals surface area contributed by atoms with Crippen molar-refractivity contribution in [1.29, 1.82) is 0 Å². The molecular formula is C16H22Cl2Ti. The van der Waals surface area contributed by atoms with Crippen LogP contribution in [0.2, 0.25) is 0 Å². The van der Waals surface area contributed by atoms with E-state index >= 15 is 0 Å². The first kappa shape index (κ1) is 24.0. The molecule has 0 heterocycles. The van der Waals surface area contributed by atoms with Crippen molar-refractivity contribution in [3.05, 3.63) is 57.6 Å². The summed E-state index contributed by atoms with van der Waals surface area (Å²) in [6.07, 6.45) is 0. The molecule has 0 aliphatic heterocycles. The summed E-state index contributed by atoms with van der Waals surface area (Å²) in [6.45, 7) is 12.8. The van der Waals surface area contributed by atoms with E-state index in [1.807, 2.05) is 0 Å². The second-order valence-electron chi connectivity index (χ2n) is 4.80. The first-order valence-corrected chi connectivity index (χ1v) is 5.81. The van der Waals surface area contributed by atoms with Gasteiger partial charge in [0.15, 0.2) is 0 Å². The molecule has 0 saturated heterocycles. The minimum Gasteiger partial charge on any atom is -1.00 e. The maximum atomic E-state index is 2.20. The molecule has 0 unspecified atom stereocenters. The first-order chi connectivity index (χ1) is 7.40. The fourth-order valence-corrected chi connectivity index (χ4v) is 1.90. The number of rotatable bonds is 0. The van der Waals surface area contributed by atoms with Gasteiger partial charge in [-0.05, 0) is 0 Å². The van der Waals surface area contributed by atoms with Crippen LogP contribution in [0.3, 0.4) is 0 Å². The normalized spacial score (nSPS) is 8.32. The van der Waals surface area contributed by atoms with Crippen molar-refractivity contribution in [3.63, 3.8) is 0 Å². The topological polar surface area (TPSA) is 0 Å². The van der Waals surface area contributed by atoms with Gasteiger partial charge in [0.05, 0.1) is 0 Å². The van der Waals surface area contributed by atoms with Crippen LogP contribution in [0.25, 0.3) is 0 Å². The van der Waals surface area contributed by atoms with Gasteiger partial charge in [0, 0.05) is 0 Å². The molecule has 0 N–H and O–H groups in total. The van der Waals surface area contributed by atoms with E-state index < -0.39 is 0 Å². The molecule has 0 aliphatic carbocycles. The minimum atomic E-state index is 0. The molecule has 19 heavy (non-hydrogen) atoms. The van der Waals surface area contributed by atoms with E-state index in [9.17, 15) is 0 Å². The molecule has 0 nitrogen and oxygen atoms in total.